The first-order valence-electron chi connectivity index (χ1n) is 10.7. The van der Waals surface area contributed by atoms with Crippen molar-refractivity contribution in [1.82, 2.24) is 0 Å². The molecule has 2 aliphatic heterocycles. The van der Waals surface area contributed by atoms with Gasteiger partial charge in [-0.2, -0.15) is 0 Å². The average molecular weight is 389 g/mol. The quantitative estimate of drug-likeness (QED) is 0.729. The van der Waals surface area contributed by atoms with Crippen molar-refractivity contribution in [2.75, 3.05) is 49.5 Å². The van der Waals surface area contributed by atoms with Gasteiger partial charge in [-0.05, 0) is 62.8 Å². The van der Waals surface area contributed by atoms with Gasteiger partial charge >= 0.3 is 5.97 Å². The Morgan fingerprint density at radius 2 is 1.89 bits per heavy atom. The number of nitrogens with one attached hydrogen (secondary N) is 2. The zero-order valence-electron chi connectivity index (χ0n) is 17.2. The van der Waals surface area contributed by atoms with Crippen LogP contribution in [0, 0.1) is 11.8 Å². The minimum Gasteiger partial charge on any atom is -0.466 e. The van der Waals surface area contributed by atoms with E-state index in [0.29, 0.717) is 19.7 Å². The molecular formula is C22H34N3O3+. The van der Waals surface area contributed by atoms with Gasteiger partial charge in [-0.25, -0.2) is 0 Å². The van der Waals surface area contributed by atoms with Crippen LogP contribution in [0.4, 0.5) is 11.4 Å². The Balaban J connectivity index is 1.47. The molecule has 2 N–H and O–H groups in total. The van der Waals surface area contributed by atoms with Crippen LogP contribution in [0.25, 0.3) is 0 Å². The summed E-state index contributed by atoms with van der Waals surface area (Å²) in [5.41, 5.74) is 2.06. The van der Waals surface area contributed by atoms with Gasteiger partial charge in [0.15, 0.2) is 6.54 Å². The maximum Gasteiger partial charge on any atom is 0.314 e. The number of anilines is 2. The van der Waals surface area contributed by atoms with Gasteiger partial charge in [0.05, 0.1) is 19.7 Å². The van der Waals surface area contributed by atoms with Crippen LogP contribution in [-0.4, -0.2) is 51.2 Å². The summed E-state index contributed by atoms with van der Waals surface area (Å²) in [6.45, 7) is 8.76. The van der Waals surface area contributed by atoms with E-state index in [4.69, 9.17) is 4.74 Å². The van der Waals surface area contributed by atoms with E-state index in [2.05, 4.69) is 29.3 Å². The fourth-order valence-corrected chi connectivity index (χ4v) is 4.23. The highest BCUT2D eigenvalue weighted by Gasteiger charge is 2.30. The van der Waals surface area contributed by atoms with Gasteiger partial charge in [-0.3, -0.25) is 9.59 Å². The van der Waals surface area contributed by atoms with Crippen LogP contribution in [0.3, 0.4) is 0 Å². The minimum absolute atomic E-state index is 0.000874. The lowest BCUT2D eigenvalue weighted by Crippen LogP contribution is -3.14. The second kappa shape index (κ2) is 9.92. The first-order chi connectivity index (χ1) is 13.5. The summed E-state index contributed by atoms with van der Waals surface area (Å²) in [6, 6.07) is 8.16. The zero-order valence-corrected chi connectivity index (χ0v) is 17.2. The standard InChI is InChI=1S/C22H33N3O3/c1-3-28-22(27)18-5-4-12-24(15-18)16-21(26)23-19-6-8-20(9-7-19)25-13-10-17(2)11-14-25/h6-9,17-18H,3-5,10-16H2,1-2H3,(H,23,26)/p+1/t18-/m0/s1. The number of hydrogen-bond acceptors (Lipinski definition) is 4. The van der Waals surface area contributed by atoms with Crippen LogP contribution in [0.15, 0.2) is 24.3 Å². The third-order valence-corrected chi connectivity index (χ3v) is 5.95. The number of likely N-dealkylation sites (tertiary alicyclic amines) is 1. The SMILES string of the molecule is CCOC(=O)[C@H]1CCC[NH+](CC(=O)Nc2ccc(N3CCC(C)CC3)cc2)C1. The van der Waals surface area contributed by atoms with Gasteiger partial charge in [0, 0.05) is 24.5 Å². The predicted octanol–water partition coefficient (Wildman–Crippen LogP) is 1.72. The van der Waals surface area contributed by atoms with Gasteiger partial charge in [0.2, 0.25) is 0 Å². The molecule has 1 aromatic carbocycles. The van der Waals surface area contributed by atoms with E-state index in [1.54, 1.807) is 0 Å². The topological polar surface area (TPSA) is 63.1 Å². The predicted molar refractivity (Wildman–Crippen MR) is 111 cm³/mol. The van der Waals surface area contributed by atoms with E-state index >= 15 is 0 Å². The Hall–Kier alpha value is -2.08. The molecule has 1 aromatic rings. The van der Waals surface area contributed by atoms with Gasteiger partial charge in [0.1, 0.15) is 5.92 Å². The van der Waals surface area contributed by atoms with Crippen LogP contribution in [0.1, 0.15) is 39.5 Å². The summed E-state index contributed by atoms with van der Waals surface area (Å²) in [6.07, 6.45) is 4.30. The van der Waals surface area contributed by atoms with Crippen LogP contribution in [0.2, 0.25) is 0 Å². The maximum absolute atomic E-state index is 12.4. The van der Waals surface area contributed by atoms with Gasteiger partial charge in [-0.15, -0.1) is 0 Å². The van der Waals surface area contributed by atoms with Crippen molar-refractivity contribution in [3.05, 3.63) is 24.3 Å². The van der Waals surface area contributed by atoms with E-state index < -0.39 is 0 Å². The van der Waals surface area contributed by atoms with Gasteiger partial charge in [-0.1, -0.05) is 6.92 Å². The minimum atomic E-state index is -0.122. The number of benzene rings is 1. The van der Waals surface area contributed by atoms with E-state index in [1.807, 2.05) is 19.1 Å². The highest BCUT2D eigenvalue weighted by atomic mass is 16.5. The smallest absolute Gasteiger partial charge is 0.314 e. The Labute approximate surface area is 168 Å². The lowest BCUT2D eigenvalue weighted by molar-refractivity contribution is -0.899. The number of esters is 1. The summed E-state index contributed by atoms with van der Waals surface area (Å²) in [5.74, 6) is 0.612. The van der Waals surface area contributed by atoms with Crippen molar-refractivity contribution in [2.45, 2.75) is 39.5 Å². The van der Waals surface area contributed by atoms with Crippen molar-refractivity contribution >= 4 is 23.3 Å². The summed E-state index contributed by atoms with van der Waals surface area (Å²) in [4.78, 5) is 28.0. The highest BCUT2D eigenvalue weighted by Crippen LogP contribution is 2.24. The maximum atomic E-state index is 12.4. The van der Waals surface area contributed by atoms with Gasteiger partial charge < -0.3 is 19.9 Å². The Bertz CT molecular complexity index is 653. The number of amides is 1. The number of rotatable bonds is 6. The number of ether oxygens (including phenoxy) is 1. The second-order valence-electron chi connectivity index (χ2n) is 8.24. The molecule has 0 aromatic heterocycles. The lowest BCUT2D eigenvalue weighted by atomic mass is 9.98. The number of quaternary nitrogens is 1. The molecule has 0 spiro atoms. The molecule has 1 unspecified atom stereocenters. The van der Waals surface area contributed by atoms with Crippen LogP contribution in [0.5, 0.6) is 0 Å². The zero-order chi connectivity index (χ0) is 19.9. The molecule has 2 saturated heterocycles. The van der Waals surface area contributed by atoms with E-state index in [9.17, 15) is 9.59 Å². The molecule has 6 heteroatoms. The molecule has 1 amide bonds. The monoisotopic (exact) mass is 388 g/mol. The van der Waals surface area contributed by atoms with Crippen molar-refractivity contribution < 1.29 is 19.2 Å². The van der Waals surface area contributed by atoms with E-state index in [1.165, 1.54) is 18.5 Å². The number of hydrogen-bond donors (Lipinski definition) is 2. The van der Waals surface area contributed by atoms with E-state index in [-0.39, 0.29) is 17.8 Å². The number of carbonyl (C=O) groups is 2. The molecule has 0 radical (unpaired) electrons. The van der Waals surface area contributed by atoms with Crippen LogP contribution >= 0.6 is 0 Å². The van der Waals surface area contributed by atoms with Crippen molar-refractivity contribution in [3.8, 4) is 0 Å². The third-order valence-electron chi connectivity index (χ3n) is 5.95. The largest absolute Gasteiger partial charge is 0.466 e. The third kappa shape index (κ3) is 5.71. The second-order valence-corrected chi connectivity index (χ2v) is 8.24. The molecule has 2 heterocycles. The normalized spacial score (nSPS) is 23.3. The summed E-state index contributed by atoms with van der Waals surface area (Å²) < 4.78 is 5.14. The summed E-state index contributed by atoms with van der Waals surface area (Å²) in [5, 5.41) is 3.00. The molecule has 0 aliphatic carbocycles. The molecule has 3 rings (SSSR count). The number of piperidine rings is 2. The molecule has 2 fully saturated rings. The highest BCUT2D eigenvalue weighted by molar-refractivity contribution is 5.91. The number of carbonyl (C=O) groups excluding carboxylic acids is 2. The molecule has 28 heavy (non-hydrogen) atoms. The summed E-state index contributed by atoms with van der Waals surface area (Å²) in [7, 11) is 0. The fraction of sp³-hybridized carbons (Fsp3) is 0.636. The Kier molecular flexibility index (Phi) is 7.31. The molecule has 154 valence electrons. The molecule has 0 bridgehead atoms. The van der Waals surface area contributed by atoms with Crippen molar-refractivity contribution in [3.63, 3.8) is 0 Å². The van der Waals surface area contributed by atoms with Crippen LogP contribution in [-0.2, 0) is 14.3 Å². The summed E-state index contributed by atoms with van der Waals surface area (Å²) >= 11 is 0. The number of nitrogens with zero attached hydrogens (tertiary/aromatic N) is 1. The van der Waals surface area contributed by atoms with E-state index in [0.717, 1.165) is 49.0 Å². The molecule has 6 nitrogen and oxygen atoms in total. The Morgan fingerprint density at radius 3 is 2.57 bits per heavy atom. The first-order valence-corrected chi connectivity index (χ1v) is 10.7. The van der Waals surface area contributed by atoms with Gasteiger partial charge in [0.25, 0.3) is 5.91 Å². The fourth-order valence-electron chi connectivity index (χ4n) is 4.23. The average Bonchev–Trinajstić information content (AvgIpc) is 2.69. The van der Waals surface area contributed by atoms with Crippen molar-refractivity contribution in [1.29, 1.82) is 0 Å². The first kappa shape index (κ1) is 20.6. The lowest BCUT2D eigenvalue weighted by Gasteiger charge is -2.32. The van der Waals surface area contributed by atoms with Crippen LogP contribution < -0.4 is 15.1 Å². The van der Waals surface area contributed by atoms with Crippen molar-refractivity contribution in [2.24, 2.45) is 11.8 Å². The molecule has 2 atom stereocenters. The molecule has 2 aliphatic rings. The Morgan fingerprint density at radius 1 is 1.18 bits per heavy atom. The molecular weight excluding hydrogens is 354 g/mol. The molecule has 0 saturated carbocycles.